The van der Waals surface area contributed by atoms with Gasteiger partial charge in [0.1, 0.15) is 0 Å². The van der Waals surface area contributed by atoms with E-state index in [-0.39, 0.29) is 12.6 Å². The van der Waals surface area contributed by atoms with Crippen LogP contribution in [0.5, 0.6) is 0 Å². The Bertz CT molecular complexity index is 221. The van der Waals surface area contributed by atoms with E-state index in [1.807, 2.05) is 0 Å². The van der Waals surface area contributed by atoms with Gasteiger partial charge in [-0.1, -0.05) is 0 Å². The highest BCUT2D eigenvalue weighted by atomic mass is 19.4. The molecule has 0 amide bonds. The minimum atomic E-state index is -4.73. The first-order chi connectivity index (χ1) is 7.29. The average molecular weight is 243 g/mol. The van der Waals surface area contributed by atoms with Crippen molar-refractivity contribution in [2.24, 2.45) is 5.92 Å². The molecule has 2 N–H and O–H groups in total. The molecule has 0 saturated heterocycles. The summed E-state index contributed by atoms with van der Waals surface area (Å²) in [4.78, 5) is 10.4. The van der Waals surface area contributed by atoms with E-state index in [4.69, 9.17) is 9.84 Å². The molecule has 0 aliphatic rings. The second-order valence-electron chi connectivity index (χ2n) is 3.40. The Morgan fingerprint density at radius 2 is 2.06 bits per heavy atom. The Morgan fingerprint density at radius 1 is 1.50 bits per heavy atom. The van der Waals surface area contributed by atoms with Gasteiger partial charge in [0.05, 0.1) is 6.61 Å². The standard InChI is InChI=1S/C9H16F3NO3/c1-3-16-5-6(2)13-4-7(8(14)15)9(10,11)12/h6-7,13H,3-5H2,1-2H3,(H,14,15). The molecule has 0 aromatic heterocycles. The molecule has 0 rings (SSSR count). The van der Waals surface area contributed by atoms with Crippen molar-refractivity contribution < 1.29 is 27.8 Å². The minimum Gasteiger partial charge on any atom is -0.481 e. The molecule has 0 aromatic carbocycles. The molecule has 0 aliphatic carbocycles. The number of carboxylic acids is 1. The third kappa shape index (κ3) is 5.92. The average Bonchev–Trinajstić information content (AvgIpc) is 2.12. The fourth-order valence-corrected chi connectivity index (χ4v) is 1.02. The normalized spacial score (nSPS) is 15.8. The van der Waals surface area contributed by atoms with Gasteiger partial charge in [-0.05, 0) is 13.8 Å². The summed E-state index contributed by atoms with van der Waals surface area (Å²) in [6.07, 6.45) is -4.73. The smallest absolute Gasteiger partial charge is 0.403 e. The Balaban J connectivity index is 4.08. The van der Waals surface area contributed by atoms with Crippen LogP contribution in [0.1, 0.15) is 13.8 Å². The molecular formula is C9H16F3NO3. The van der Waals surface area contributed by atoms with Crippen LogP contribution in [-0.2, 0) is 9.53 Å². The molecule has 96 valence electrons. The van der Waals surface area contributed by atoms with Gasteiger partial charge < -0.3 is 15.2 Å². The lowest BCUT2D eigenvalue weighted by Crippen LogP contribution is -2.43. The van der Waals surface area contributed by atoms with Crippen LogP contribution in [0.4, 0.5) is 13.2 Å². The molecule has 2 atom stereocenters. The van der Waals surface area contributed by atoms with Crippen LogP contribution >= 0.6 is 0 Å². The maximum absolute atomic E-state index is 12.2. The van der Waals surface area contributed by atoms with Gasteiger partial charge in [-0.25, -0.2) is 0 Å². The van der Waals surface area contributed by atoms with Crippen LogP contribution in [0.3, 0.4) is 0 Å². The summed E-state index contributed by atoms with van der Waals surface area (Å²) in [7, 11) is 0. The van der Waals surface area contributed by atoms with E-state index in [1.54, 1.807) is 13.8 Å². The zero-order chi connectivity index (χ0) is 12.8. The van der Waals surface area contributed by atoms with Crippen molar-refractivity contribution in [1.82, 2.24) is 5.32 Å². The summed E-state index contributed by atoms with van der Waals surface area (Å²) >= 11 is 0. The van der Waals surface area contributed by atoms with Crippen LogP contribution in [-0.4, -0.2) is 43.1 Å². The SMILES string of the molecule is CCOCC(C)NCC(C(=O)O)C(F)(F)F. The first kappa shape index (κ1) is 15.2. The molecule has 0 bridgehead atoms. The Kier molecular flexibility index (Phi) is 6.35. The molecule has 0 spiro atoms. The topological polar surface area (TPSA) is 58.6 Å². The number of rotatable bonds is 7. The van der Waals surface area contributed by atoms with E-state index >= 15 is 0 Å². The largest absolute Gasteiger partial charge is 0.481 e. The maximum atomic E-state index is 12.2. The molecule has 0 heterocycles. The molecule has 0 aromatic rings. The highest BCUT2D eigenvalue weighted by Gasteiger charge is 2.44. The van der Waals surface area contributed by atoms with Crippen LogP contribution in [0.15, 0.2) is 0 Å². The number of ether oxygens (including phenoxy) is 1. The molecule has 0 fully saturated rings. The third-order valence-electron chi connectivity index (χ3n) is 1.94. The molecular weight excluding hydrogens is 227 g/mol. The molecule has 0 aliphatic heterocycles. The molecule has 4 nitrogen and oxygen atoms in total. The van der Waals surface area contributed by atoms with Crippen LogP contribution in [0.25, 0.3) is 0 Å². The van der Waals surface area contributed by atoms with Crippen molar-refractivity contribution in [2.45, 2.75) is 26.1 Å². The lowest BCUT2D eigenvalue weighted by molar-refractivity contribution is -0.192. The molecule has 0 saturated carbocycles. The summed E-state index contributed by atoms with van der Waals surface area (Å²) in [6, 6.07) is -0.316. The number of alkyl halides is 3. The van der Waals surface area contributed by atoms with Crippen LogP contribution < -0.4 is 5.32 Å². The Labute approximate surface area is 91.8 Å². The van der Waals surface area contributed by atoms with E-state index in [1.165, 1.54) is 0 Å². The number of hydrogen-bond donors (Lipinski definition) is 2. The van der Waals surface area contributed by atoms with Gasteiger partial charge in [0.2, 0.25) is 0 Å². The Morgan fingerprint density at radius 3 is 2.44 bits per heavy atom. The van der Waals surface area contributed by atoms with Crippen molar-refractivity contribution in [1.29, 1.82) is 0 Å². The van der Waals surface area contributed by atoms with Crippen molar-refractivity contribution >= 4 is 5.97 Å². The minimum absolute atomic E-state index is 0.251. The summed E-state index contributed by atoms with van der Waals surface area (Å²) in [5, 5.41) is 10.9. The van der Waals surface area contributed by atoms with Crippen LogP contribution in [0.2, 0.25) is 0 Å². The summed E-state index contributed by atoms with van der Waals surface area (Å²) < 4.78 is 41.6. The fraction of sp³-hybridized carbons (Fsp3) is 0.889. The second-order valence-corrected chi connectivity index (χ2v) is 3.40. The van der Waals surface area contributed by atoms with Gasteiger partial charge in [-0.3, -0.25) is 4.79 Å². The number of halogens is 3. The van der Waals surface area contributed by atoms with Gasteiger partial charge in [-0.15, -0.1) is 0 Å². The monoisotopic (exact) mass is 243 g/mol. The number of nitrogens with one attached hydrogen (secondary N) is 1. The Hall–Kier alpha value is -0.820. The van der Waals surface area contributed by atoms with Crippen molar-refractivity contribution in [3.8, 4) is 0 Å². The van der Waals surface area contributed by atoms with Crippen molar-refractivity contribution in [3.05, 3.63) is 0 Å². The van der Waals surface area contributed by atoms with Gasteiger partial charge in [0.25, 0.3) is 0 Å². The quantitative estimate of drug-likeness (QED) is 0.706. The zero-order valence-electron chi connectivity index (χ0n) is 9.17. The van der Waals surface area contributed by atoms with Crippen molar-refractivity contribution in [3.63, 3.8) is 0 Å². The highest BCUT2D eigenvalue weighted by molar-refractivity contribution is 5.71. The van der Waals surface area contributed by atoms with E-state index in [9.17, 15) is 18.0 Å². The van der Waals surface area contributed by atoms with E-state index in [0.29, 0.717) is 6.61 Å². The summed E-state index contributed by atoms with van der Waals surface area (Å²) in [5.74, 6) is -4.25. The van der Waals surface area contributed by atoms with Crippen molar-refractivity contribution in [2.75, 3.05) is 19.8 Å². The fourth-order valence-electron chi connectivity index (χ4n) is 1.02. The summed E-state index contributed by atoms with van der Waals surface area (Å²) in [6.45, 7) is 3.47. The van der Waals surface area contributed by atoms with Gasteiger partial charge in [-0.2, -0.15) is 13.2 Å². The number of carboxylic acid groups (broad SMARTS) is 1. The highest BCUT2D eigenvalue weighted by Crippen LogP contribution is 2.25. The molecule has 7 heteroatoms. The number of carbonyl (C=O) groups is 1. The lowest BCUT2D eigenvalue weighted by Gasteiger charge is -2.19. The predicted octanol–water partition coefficient (Wildman–Crippen LogP) is 1.26. The van der Waals surface area contributed by atoms with Gasteiger partial charge >= 0.3 is 12.1 Å². The lowest BCUT2D eigenvalue weighted by atomic mass is 10.1. The predicted molar refractivity (Wildman–Crippen MR) is 51.1 cm³/mol. The maximum Gasteiger partial charge on any atom is 0.403 e. The molecule has 0 radical (unpaired) electrons. The first-order valence-electron chi connectivity index (χ1n) is 4.89. The van der Waals surface area contributed by atoms with E-state index in [0.717, 1.165) is 0 Å². The van der Waals surface area contributed by atoms with Gasteiger partial charge in [0, 0.05) is 19.2 Å². The van der Waals surface area contributed by atoms with Crippen LogP contribution in [0, 0.1) is 5.92 Å². The zero-order valence-corrected chi connectivity index (χ0v) is 9.17. The van der Waals surface area contributed by atoms with E-state index < -0.39 is 24.6 Å². The van der Waals surface area contributed by atoms with E-state index in [2.05, 4.69) is 5.32 Å². The number of aliphatic carboxylic acids is 1. The van der Waals surface area contributed by atoms with Gasteiger partial charge in [0.15, 0.2) is 5.92 Å². The molecule has 16 heavy (non-hydrogen) atoms. The number of hydrogen-bond acceptors (Lipinski definition) is 3. The third-order valence-corrected chi connectivity index (χ3v) is 1.94. The first-order valence-corrected chi connectivity index (χ1v) is 4.89. The summed E-state index contributed by atoms with van der Waals surface area (Å²) in [5.41, 5.74) is 0. The second kappa shape index (κ2) is 6.70. The molecule has 2 unspecified atom stereocenters.